The number of rotatable bonds is 4. The number of fused-ring (bicyclic) bond motifs is 1. The highest BCUT2D eigenvalue weighted by Gasteiger charge is 2.31. The predicted octanol–water partition coefficient (Wildman–Crippen LogP) is 0.428. The van der Waals surface area contributed by atoms with Gasteiger partial charge in [-0.1, -0.05) is 18.3 Å². The fourth-order valence-electron chi connectivity index (χ4n) is 2.51. The van der Waals surface area contributed by atoms with Crippen LogP contribution in [0.15, 0.2) is 10.9 Å². The number of aryl methyl sites for hydroxylation is 1. The van der Waals surface area contributed by atoms with E-state index in [0.717, 1.165) is 12.1 Å². The van der Waals surface area contributed by atoms with E-state index < -0.39 is 0 Å². The van der Waals surface area contributed by atoms with Gasteiger partial charge in [-0.05, 0) is 19.8 Å². The SMILES string of the molecule is CCc1cc(=O)n2nc(N(CC)[C@H]3CCNC3=O)sc2n1. The summed E-state index contributed by atoms with van der Waals surface area (Å²) in [5.74, 6) is 0.0191. The summed E-state index contributed by atoms with van der Waals surface area (Å²) in [6.45, 7) is 5.28. The van der Waals surface area contributed by atoms with Gasteiger partial charge in [-0.3, -0.25) is 9.59 Å². The van der Waals surface area contributed by atoms with Crippen molar-refractivity contribution in [1.29, 1.82) is 0 Å². The molecule has 1 amide bonds. The number of amides is 1. The molecule has 1 N–H and O–H groups in total. The number of hydrogen-bond acceptors (Lipinski definition) is 6. The zero-order valence-corrected chi connectivity index (χ0v) is 12.8. The Morgan fingerprint density at radius 3 is 2.90 bits per heavy atom. The van der Waals surface area contributed by atoms with Gasteiger partial charge in [0.15, 0.2) is 0 Å². The van der Waals surface area contributed by atoms with E-state index in [-0.39, 0.29) is 17.5 Å². The van der Waals surface area contributed by atoms with E-state index in [9.17, 15) is 9.59 Å². The van der Waals surface area contributed by atoms with E-state index in [4.69, 9.17) is 0 Å². The lowest BCUT2D eigenvalue weighted by Gasteiger charge is -2.24. The summed E-state index contributed by atoms with van der Waals surface area (Å²) in [7, 11) is 0. The number of aromatic nitrogens is 3. The van der Waals surface area contributed by atoms with Crippen LogP contribution in [0.1, 0.15) is 26.0 Å². The summed E-state index contributed by atoms with van der Waals surface area (Å²) in [5.41, 5.74) is 0.586. The highest BCUT2D eigenvalue weighted by molar-refractivity contribution is 7.20. The van der Waals surface area contributed by atoms with Crippen LogP contribution in [0, 0.1) is 0 Å². The minimum Gasteiger partial charge on any atom is -0.354 e. The normalized spacial score (nSPS) is 18.2. The minimum atomic E-state index is -0.211. The van der Waals surface area contributed by atoms with Crippen LogP contribution in [-0.2, 0) is 11.2 Å². The molecule has 7 nitrogen and oxygen atoms in total. The molecule has 0 aliphatic carbocycles. The number of carbonyl (C=O) groups excluding carboxylic acids is 1. The van der Waals surface area contributed by atoms with Gasteiger partial charge in [0.25, 0.3) is 5.56 Å². The van der Waals surface area contributed by atoms with Crippen LogP contribution in [0.5, 0.6) is 0 Å². The van der Waals surface area contributed by atoms with Crippen LogP contribution in [0.4, 0.5) is 5.13 Å². The molecule has 0 saturated carbocycles. The first-order chi connectivity index (χ1) is 10.1. The van der Waals surface area contributed by atoms with Crippen molar-refractivity contribution in [2.75, 3.05) is 18.0 Å². The van der Waals surface area contributed by atoms with Crippen molar-refractivity contribution in [3.8, 4) is 0 Å². The molecule has 2 aromatic rings. The largest absolute Gasteiger partial charge is 0.354 e. The summed E-state index contributed by atoms with van der Waals surface area (Å²) in [6.07, 6.45) is 1.46. The Balaban J connectivity index is 2.05. The Morgan fingerprint density at radius 2 is 2.29 bits per heavy atom. The molecular weight excluding hydrogens is 290 g/mol. The van der Waals surface area contributed by atoms with Gasteiger partial charge in [0.2, 0.25) is 16.0 Å². The number of anilines is 1. The standard InChI is InChI=1S/C13H17N5O2S/c1-3-8-7-10(19)18-12(15-8)21-13(16-18)17(4-2)9-5-6-14-11(9)20/h7,9H,3-6H2,1-2H3,(H,14,20)/t9-/m0/s1. The number of hydrogen-bond donors (Lipinski definition) is 1. The second-order valence-corrected chi connectivity index (χ2v) is 5.83. The Hall–Kier alpha value is -1.96. The third kappa shape index (κ3) is 2.39. The minimum absolute atomic E-state index is 0.0191. The molecule has 3 rings (SSSR count). The molecule has 1 atom stereocenters. The highest BCUT2D eigenvalue weighted by Crippen LogP contribution is 2.25. The summed E-state index contributed by atoms with van der Waals surface area (Å²) >= 11 is 1.35. The first-order valence-corrected chi connectivity index (χ1v) is 7.89. The Bertz CT molecular complexity index is 738. The second-order valence-electron chi connectivity index (χ2n) is 4.90. The monoisotopic (exact) mass is 307 g/mol. The van der Waals surface area contributed by atoms with Crippen molar-refractivity contribution in [2.45, 2.75) is 32.7 Å². The second kappa shape index (κ2) is 5.44. The highest BCUT2D eigenvalue weighted by atomic mass is 32.1. The molecule has 0 spiro atoms. The summed E-state index contributed by atoms with van der Waals surface area (Å²) in [5, 5.41) is 7.84. The fraction of sp³-hybridized carbons (Fsp3) is 0.538. The molecule has 3 heterocycles. The lowest BCUT2D eigenvalue weighted by Crippen LogP contribution is -2.40. The van der Waals surface area contributed by atoms with E-state index >= 15 is 0 Å². The van der Waals surface area contributed by atoms with Gasteiger partial charge in [0.1, 0.15) is 6.04 Å². The van der Waals surface area contributed by atoms with Crippen LogP contribution >= 0.6 is 11.3 Å². The van der Waals surface area contributed by atoms with Crippen LogP contribution in [0.2, 0.25) is 0 Å². The number of nitrogens with one attached hydrogen (secondary N) is 1. The van der Waals surface area contributed by atoms with E-state index in [1.54, 1.807) is 0 Å². The lowest BCUT2D eigenvalue weighted by molar-refractivity contribution is -0.120. The van der Waals surface area contributed by atoms with E-state index in [1.165, 1.54) is 21.9 Å². The Labute approximate surface area is 125 Å². The third-order valence-corrected chi connectivity index (χ3v) is 4.58. The molecule has 112 valence electrons. The molecule has 1 saturated heterocycles. The topological polar surface area (TPSA) is 79.6 Å². The molecule has 8 heteroatoms. The molecule has 0 unspecified atom stereocenters. The Kier molecular flexibility index (Phi) is 3.62. The van der Waals surface area contributed by atoms with Gasteiger partial charge in [-0.25, -0.2) is 4.98 Å². The molecule has 0 aromatic carbocycles. The summed E-state index contributed by atoms with van der Waals surface area (Å²) < 4.78 is 1.31. The van der Waals surface area contributed by atoms with Crippen LogP contribution in [-0.4, -0.2) is 39.6 Å². The van der Waals surface area contributed by atoms with Crippen molar-refractivity contribution < 1.29 is 4.79 Å². The van der Waals surface area contributed by atoms with Crippen LogP contribution < -0.4 is 15.8 Å². The predicted molar refractivity (Wildman–Crippen MR) is 80.9 cm³/mol. The molecule has 1 aliphatic heterocycles. The maximum atomic E-state index is 12.0. The van der Waals surface area contributed by atoms with E-state index in [0.29, 0.717) is 29.6 Å². The van der Waals surface area contributed by atoms with Gasteiger partial charge in [0, 0.05) is 24.8 Å². The molecule has 21 heavy (non-hydrogen) atoms. The molecule has 1 fully saturated rings. The van der Waals surface area contributed by atoms with Crippen molar-refractivity contribution in [3.63, 3.8) is 0 Å². The lowest BCUT2D eigenvalue weighted by atomic mass is 10.2. The molecule has 1 aliphatic rings. The summed E-state index contributed by atoms with van der Waals surface area (Å²) in [6, 6.07) is 1.30. The maximum Gasteiger partial charge on any atom is 0.275 e. The maximum absolute atomic E-state index is 12.0. The van der Waals surface area contributed by atoms with Gasteiger partial charge in [-0.2, -0.15) is 4.52 Å². The van der Waals surface area contributed by atoms with Gasteiger partial charge in [0.05, 0.1) is 0 Å². The Morgan fingerprint density at radius 1 is 1.48 bits per heavy atom. The number of carbonyl (C=O) groups is 1. The van der Waals surface area contributed by atoms with Crippen molar-refractivity contribution in [1.82, 2.24) is 19.9 Å². The van der Waals surface area contributed by atoms with Gasteiger partial charge >= 0.3 is 0 Å². The zero-order chi connectivity index (χ0) is 15.0. The van der Waals surface area contributed by atoms with Crippen LogP contribution in [0.25, 0.3) is 4.96 Å². The van der Waals surface area contributed by atoms with E-state index in [2.05, 4.69) is 15.4 Å². The van der Waals surface area contributed by atoms with Gasteiger partial charge < -0.3 is 10.2 Å². The van der Waals surface area contributed by atoms with E-state index in [1.807, 2.05) is 18.7 Å². The van der Waals surface area contributed by atoms with Crippen molar-refractivity contribution >= 4 is 27.3 Å². The smallest absolute Gasteiger partial charge is 0.275 e. The quantitative estimate of drug-likeness (QED) is 0.886. The molecule has 0 radical (unpaired) electrons. The number of likely N-dealkylation sites (N-methyl/N-ethyl adjacent to an activating group) is 1. The average molecular weight is 307 g/mol. The molecule has 0 bridgehead atoms. The number of nitrogens with zero attached hydrogens (tertiary/aromatic N) is 4. The fourth-order valence-corrected chi connectivity index (χ4v) is 3.55. The molecule has 2 aromatic heterocycles. The van der Waals surface area contributed by atoms with Crippen molar-refractivity contribution in [3.05, 3.63) is 22.1 Å². The van der Waals surface area contributed by atoms with Crippen molar-refractivity contribution in [2.24, 2.45) is 0 Å². The molecular formula is C13H17N5O2S. The first kappa shape index (κ1) is 14.0. The van der Waals surface area contributed by atoms with Gasteiger partial charge in [-0.15, -0.1) is 5.10 Å². The third-order valence-electron chi connectivity index (χ3n) is 3.63. The van der Waals surface area contributed by atoms with Crippen LogP contribution in [0.3, 0.4) is 0 Å². The zero-order valence-electron chi connectivity index (χ0n) is 12.0. The average Bonchev–Trinajstić information content (AvgIpc) is 3.07. The first-order valence-electron chi connectivity index (χ1n) is 7.08. The summed E-state index contributed by atoms with van der Waals surface area (Å²) in [4.78, 5) is 30.8.